The van der Waals surface area contributed by atoms with E-state index in [1.807, 2.05) is 42.0 Å². The lowest BCUT2D eigenvalue weighted by Gasteiger charge is -2.14. The van der Waals surface area contributed by atoms with Crippen molar-refractivity contribution in [1.29, 1.82) is 0 Å². The lowest BCUT2D eigenvalue weighted by molar-refractivity contribution is -0.121. The van der Waals surface area contributed by atoms with Gasteiger partial charge in [-0.05, 0) is 25.0 Å². The van der Waals surface area contributed by atoms with E-state index in [0.717, 1.165) is 16.5 Å². The summed E-state index contributed by atoms with van der Waals surface area (Å²) in [5.74, 6) is 0.109. The van der Waals surface area contributed by atoms with Crippen LogP contribution in [0.3, 0.4) is 0 Å². The van der Waals surface area contributed by atoms with E-state index < -0.39 is 10.0 Å². The molecular weight excluding hydrogens is 314 g/mol. The third-order valence-electron chi connectivity index (χ3n) is 4.19. The lowest BCUT2D eigenvalue weighted by Crippen LogP contribution is -2.37. The van der Waals surface area contributed by atoms with Gasteiger partial charge in [0.2, 0.25) is 15.9 Å². The van der Waals surface area contributed by atoms with Crippen LogP contribution in [0.25, 0.3) is 10.9 Å². The van der Waals surface area contributed by atoms with Gasteiger partial charge in [0.15, 0.2) is 0 Å². The van der Waals surface area contributed by atoms with Crippen molar-refractivity contribution in [2.24, 2.45) is 0 Å². The summed E-state index contributed by atoms with van der Waals surface area (Å²) in [7, 11) is -3.09. The fourth-order valence-electron chi connectivity index (χ4n) is 3.03. The van der Waals surface area contributed by atoms with Gasteiger partial charge < -0.3 is 9.88 Å². The average molecular weight is 335 g/mol. The highest BCUT2D eigenvalue weighted by Crippen LogP contribution is 2.20. The highest BCUT2D eigenvalue weighted by atomic mass is 32.2. The molecule has 1 aromatic carbocycles. The second-order valence-electron chi connectivity index (χ2n) is 5.88. The quantitative estimate of drug-likeness (QED) is 0.889. The minimum Gasteiger partial charge on any atom is -0.353 e. The number of nitrogens with zero attached hydrogens (tertiary/aromatic N) is 2. The Labute approximate surface area is 136 Å². The smallest absolute Gasteiger partial charge is 0.239 e. The Hall–Kier alpha value is -1.86. The molecule has 2 heterocycles. The topological polar surface area (TPSA) is 71.4 Å². The van der Waals surface area contributed by atoms with Crippen LogP contribution in [0, 0.1) is 6.92 Å². The van der Waals surface area contributed by atoms with Crippen molar-refractivity contribution in [2.75, 3.05) is 25.4 Å². The molecule has 1 aliphatic rings. The number of benzene rings is 1. The van der Waals surface area contributed by atoms with Crippen molar-refractivity contribution in [3.8, 4) is 0 Å². The molecule has 7 heteroatoms. The Morgan fingerprint density at radius 1 is 1.30 bits per heavy atom. The maximum Gasteiger partial charge on any atom is 0.239 e. The van der Waals surface area contributed by atoms with Gasteiger partial charge in [-0.3, -0.25) is 4.79 Å². The average Bonchev–Trinajstić information content (AvgIpc) is 3.00. The van der Waals surface area contributed by atoms with E-state index in [1.165, 1.54) is 4.31 Å². The molecule has 23 heavy (non-hydrogen) atoms. The molecule has 0 saturated carbocycles. The fraction of sp³-hybridized carbons (Fsp3) is 0.438. The van der Waals surface area contributed by atoms with Gasteiger partial charge in [-0.1, -0.05) is 18.2 Å². The van der Waals surface area contributed by atoms with Gasteiger partial charge in [-0.25, -0.2) is 12.7 Å². The molecule has 0 aliphatic carbocycles. The van der Waals surface area contributed by atoms with Crippen molar-refractivity contribution in [3.63, 3.8) is 0 Å². The molecule has 1 aromatic heterocycles. The van der Waals surface area contributed by atoms with Crippen molar-refractivity contribution in [3.05, 3.63) is 36.0 Å². The van der Waals surface area contributed by atoms with Crippen LogP contribution in [-0.4, -0.2) is 48.6 Å². The van der Waals surface area contributed by atoms with E-state index in [-0.39, 0.29) is 18.2 Å². The zero-order chi connectivity index (χ0) is 16.4. The molecule has 1 aliphatic heterocycles. The largest absolute Gasteiger partial charge is 0.353 e. The van der Waals surface area contributed by atoms with Gasteiger partial charge >= 0.3 is 0 Å². The van der Waals surface area contributed by atoms with Gasteiger partial charge in [-0.2, -0.15) is 0 Å². The molecule has 3 rings (SSSR count). The number of aryl methyl sites for hydroxylation is 1. The standard InChI is InChI=1S/C16H21N3O3S/c1-13-11-18(15-6-3-2-5-14(13)15)12-16(20)17-7-9-19-8-4-10-23(19,21)22/h2-3,5-6,11H,4,7-10,12H2,1H3,(H,17,20). The van der Waals surface area contributed by atoms with Gasteiger partial charge in [0, 0.05) is 36.7 Å². The van der Waals surface area contributed by atoms with Crippen molar-refractivity contribution in [1.82, 2.24) is 14.2 Å². The molecule has 0 atom stereocenters. The summed E-state index contributed by atoms with van der Waals surface area (Å²) in [4.78, 5) is 12.1. The Morgan fingerprint density at radius 2 is 2.09 bits per heavy atom. The summed E-state index contributed by atoms with van der Waals surface area (Å²) >= 11 is 0. The Balaban J connectivity index is 1.57. The Morgan fingerprint density at radius 3 is 2.83 bits per heavy atom. The third-order valence-corrected chi connectivity index (χ3v) is 6.14. The summed E-state index contributed by atoms with van der Waals surface area (Å²) in [5, 5.41) is 3.95. The first kappa shape index (κ1) is 16.0. The molecule has 1 amide bonds. The number of amides is 1. The van der Waals surface area contributed by atoms with Crippen LogP contribution in [0.15, 0.2) is 30.5 Å². The van der Waals surface area contributed by atoms with Crippen LogP contribution in [0.2, 0.25) is 0 Å². The molecule has 1 saturated heterocycles. The predicted octanol–water partition coefficient (Wildman–Crippen LogP) is 1.10. The summed E-state index contributed by atoms with van der Waals surface area (Å²) in [5.41, 5.74) is 2.17. The number of sulfonamides is 1. The van der Waals surface area contributed by atoms with Crippen LogP contribution in [0.5, 0.6) is 0 Å². The molecular formula is C16H21N3O3S. The van der Waals surface area contributed by atoms with Crippen molar-refractivity contribution in [2.45, 2.75) is 19.9 Å². The van der Waals surface area contributed by atoms with Crippen molar-refractivity contribution >= 4 is 26.8 Å². The molecule has 2 aromatic rings. The highest BCUT2D eigenvalue weighted by Gasteiger charge is 2.27. The fourth-order valence-corrected chi connectivity index (χ4v) is 4.56. The first-order chi connectivity index (χ1) is 11.0. The normalized spacial score (nSPS) is 17.6. The molecule has 6 nitrogen and oxygen atoms in total. The van der Waals surface area contributed by atoms with E-state index in [2.05, 4.69) is 5.32 Å². The van der Waals surface area contributed by atoms with Crippen LogP contribution in [0.1, 0.15) is 12.0 Å². The highest BCUT2D eigenvalue weighted by molar-refractivity contribution is 7.89. The van der Waals surface area contributed by atoms with Gasteiger partial charge in [0.05, 0.1) is 5.75 Å². The predicted molar refractivity (Wildman–Crippen MR) is 89.7 cm³/mol. The van der Waals surface area contributed by atoms with Gasteiger partial charge in [0.25, 0.3) is 0 Å². The first-order valence-electron chi connectivity index (χ1n) is 7.76. The van der Waals surface area contributed by atoms with Crippen LogP contribution < -0.4 is 5.32 Å². The zero-order valence-corrected chi connectivity index (χ0v) is 14.0. The van der Waals surface area contributed by atoms with E-state index in [4.69, 9.17) is 0 Å². The number of carbonyl (C=O) groups excluding carboxylic acids is 1. The van der Waals surface area contributed by atoms with Crippen LogP contribution in [0.4, 0.5) is 0 Å². The number of aromatic nitrogens is 1. The molecule has 0 spiro atoms. The summed E-state index contributed by atoms with van der Waals surface area (Å²) in [6.45, 7) is 3.51. The minimum absolute atomic E-state index is 0.109. The number of para-hydroxylation sites is 1. The molecule has 1 N–H and O–H groups in total. The number of nitrogens with one attached hydrogen (secondary N) is 1. The third kappa shape index (κ3) is 3.40. The summed E-state index contributed by atoms with van der Waals surface area (Å²) in [6.07, 6.45) is 2.64. The SMILES string of the molecule is Cc1cn(CC(=O)NCCN2CCCS2(=O)=O)c2ccccc12. The first-order valence-corrected chi connectivity index (χ1v) is 9.37. The van der Waals surface area contributed by atoms with E-state index in [0.29, 0.717) is 26.1 Å². The second kappa shape index (κ2) is 6.33. The van der Waals surface area contributed by atoms with E-state index in [9.17, 15) is 13.2 Å². The molecule has 124 valence electrons. The van der Waals surface area contributed by atoms with Crippen LogP contribution >= 0.6 is 0 Å². The zero-order valence-electron chi connectivity index (χ0n) is 13.2. The van der Waals surface area contributed by atoms with Gasteiger partial charge in [-0.15, -0.1) is 0 Å². The maximum absolute atomic E-state index is 12.1. The summed E-state index contributed by atoms with van der Waals surface area (Å²) < 4.78 is 26.7. The minimum atomic E-state index is -3.09. The number of fused-ring (bicyclic) bond motifs is 1. The van der Waals surface area contributed by atoms with Gasteiger partial charge in [0.1, 0.15) is 6.54 Å². The number of rotatable bonds is 5. The Kier molecular flexibility index (Phi) is 4.41. The second-order valence-corrected chi connectivity index (χ2v) is 7.96. The van der Waals surface area contributed by atoms with Crippen molar-refractivity contribution < 1.29 is 13.2 Å². The van der Waals surface area contributed by atoms with Crippen LogP contribution in [-0.2, 0) is 21.4 Å². The number of carbonyl (C=O) groups is 1. The number of hydrogen-bond donors (Lipinski definition) is 1. The molecule has 0 unspecified atom stereocenters. The lowest BCUT2D eigenvalue weighted by atomic mass is 10.2. The number of hydrogen-bond acceptors (Lipinski definition) is 3. The molecule has 0 radical (unpaired) electrons. The Bertz CT molecular complexity index is 826. The molecule has 0 bridgehead atoms. The maximum atomic E-state index is 12.1. The van der Waals surface area contributed by atoms with E-state index >= 15 is 0 Å². The summed E-state index contributed by atoms with van der Waals surface area (Å²) in [6, 6.07) is 7.97. The monoisotopic (exact) mass is 335 g/mol. The molecule has 1 fully saturated rings. The van der Waals surface area contributed by atoms with E-state index in [1.54, 1.807) is 0 Å².